The third kappa shape index (κ3) is 3.24. The van der Waals surface area contributed by atoms with Crippen LogP contribution in [0.25, 0.3) is 11.3 Å². The molecule has 0 unspecified atom stereocenters. The Bertz CT molecular complexity index is 623. The number of aromatic nitrogens is 1. The number of thiazole rings is 1. The van der Waals surface area contributed by atoms with Gasteiger partial charge in [-0.25, -0.2) is 9.37 Å². The van der Waals surface area contributed by atoms with Gasteiger partial charge in [0.1, 0.15) is 0 Å². The third-order valence-electron chi connectivity index (χ3n) is 3.81. The molecule has 22 heavy (non-hydrogen) atoms. The van der Waals surface area contributed by atoms with Crippen LogP contribution < -0.4 is 9.64 Å². The molecule has 0 radical (unpaired) electrons. The highest BCUT2D eigenvalue weighted by molar-refractivity contribution is 7.14. The zero-order chi connectivity index (χ0) is 15.4. The van der Waals surface area contributed by atoms with E-state index in [2.05, 4.69) is 4.90 Å². The SMILES string of the molecule is CCCOc1c(F)cccc1-c1csc(N2CCCCC2)n1. The molecule has 1 saturated heterocycles. The maximum absolute atomic E-state index is 14.1. The number of halogens is 1. The monoisotopic (exact) mass is 320 g/mol. The van der Waals surface area contributed by atoms with Crippen molar-refractivity contribution in [3.05, 3.63) is 29.4 Å². The molecule has 0 saturated carbocycles. The molecular formula is C17H21FN2OS. The summed E-state index contributed by atoms with van der Waals surface area (Å²) >= 11 is 1.63. The fraction of sp³-hybridized carbons (Fsp3) is 0.471. The second-order valence-corrected chi connectivity index (χ2v) is 6.36. The van der Waals surface area contributed by atoms with Gasteiger partial charge in [0.2, 0.25) is 0 Å². The molecule has 5 heteroatoms. The number of para-hydroxylation sites is 1. The number of hydrogen-bond acceptors (Lipinski definition) is 4. The number of rotatable bonds is 5. The predicted molar refractivity (Wildman–Crippen MR) is 89.4 cm³/mol. The van der Waals surface area contributed by atoms with Crippen LogP contribution in [0.5, 0.6) is 5.75 Å². The van der Waals surface area contributed by atoms with Gasteiger partial charge < -0.3 is 9.64 Å². The lowest BCUT2D eigenvalue weighted by molar-refractivity contribution is 0.302. The number of piperidine rings is 1. The van der Waals surface area contributed by atoms with Gasteiger partial charge in [-0.15, -0.1) is 11.3 Å². The average Bonchev–Trinajstić information content (AvgIpc) is 3.04. The van der Waals surface area contributed by atoms with Crippen LogP contribution in [0, 0.1) is 5.82 Å². The van der Waals surface area contributed by atoms with Gasteiger partial charge in [0.25, 0.3) is 0 Å². The molecule has 1 aliphatic heterocycles. The molecule has 1 fully saturated rings. The minimum Gasteiger partial charge on any atom is -0.490 e. The topological polar surface area (TPSA) is 25.4 Å². The summed E-state index contributed by atoms with van der Waals surface area (Å²) in [6.45, 7) is 4.65. The first-order valence-corrected chi connectivity index (χ1v) is 8.79. The van der Waals surface area contributed by atoms with Crippen LogP contribution >= 0.6 is 11.3 Å². The Hall–Kier alpha value is -1.62. The molecule has 3 rings (SSSR count). The predicted octanol–water partition coefficient (Wildman–Crippen LogP) is 4.73. The zero-order valence-electron chi connectivity index (χ0n) is 12.8. The first kappa shape index (κ1) is 15.3. The number of ether oxygens (including phenoxy) is 1. The minimum absolute atomic E-state index is 0.319. The molecule has 0 spiro atoms. The summed E-state index contributed by atoms with van der Waals surface area (Å²) in [6.07, 6.45) is 4.59. The van der Waals surface area contributed by atoms with Gasteiger partial charge >= 0.3 is 0 Å². The van der Waals surface area contributed by atoms with Crippen LogP contribution in [0.2, 0.25) is 0 Å². The molecule has 3 nitrogen and oxygen atoms in total. The Morgan fingerprint density at radius 1 is 1.27 bits per heavy atom. The summed E-state index contributed by atoms with van der Waals surface area (Å²) in [6, 6.07) is 5.03. The number of benzene rings is 1. The molecule has 0 N–H and O–H groups in total. The van der Waals surface area contributed by atoms with Crippen LogP contribution in [-0.4, -0.2) is 24.7 Å². The molecular weight excluding hydrogens is 299 g/mol. The molecule has 2 aromatic rings. The van der Waals surface area contributed by atoms with E-state index >= 15 is 0 Å². The Balaban J connectivity index is 1.87. The highest BCUT2D eigenvalue weighted by Crippen LogP contribution is 2.35. The highest BCUT2D eigenvalue weighted by Gasteiger charge is 2.18. The van der Waals surface area contributed by atoms with Crippen molar-refractivity contribution in [2.24, 2.45) is 0 Å². The Labute approximate surface area is 134 Å². The van der Waals surface area contributed by atoms with Gasteiger partial charge in [-0.1, -0.05) is 13.0 Å². The average molecular weight is 320 g/mol. The standard InChI is InChI=1S/C17H21FN2OS/c1-2-11-21-16-13(7-6-8-14(16)18)15-12-22-17(19-15)20-9-4-3-5-10-20/h6-8,12H,2-5,9-11H2,1H3. The normalized spacial score (nSPS) is 15.1. The smallest absolute Gasteiger partial charge is 0.185 e. The van der Waals surface area contributed by atoms with E-state index in [0.717, 1.165) is 35.9 Å². The van der Waals surface area contributed by atoms with E-state index in [1.807, 2.05) is 18.4 Å². The van der Waals surface area contributed by atoms with E-state index in [1.165, 1.54) is 25.3 Å². The van der Waals surface area contributed by atoms with Crippen LogP contribution in [-0.2, 0) is 0 Å². The number of anilines is 1. The van der Waals surface area contributed by atoms with Crippen molar-refractivity contribution in [2.75, 3.05) is 24.6 Å². The van der Waals surface area contributed by atoms with Gasteiger partial charge in [-0.2, -0.15) is 0 Å². The minimum atomic E-state index is -0.321. The summed E-state index contributed by atoms with van der Waals surface area (Å²) in [5.41, 5.74) is 1.55. The molecule has 2 heterocycles. The fourth-order valence-corrected chi connectivity index (χ4v) is 3.56. The van der Waals surface area contributed by atoms with E-state index in [9.17, 15) is 4.39 Å². The van der Waals surface area contributed by atoms with Crippen molar-refractivity contribution in [2.45, 2.75) is 32.6 Å². The summed E-state index contributed by atoms with van der Waals surface area (Å²) in [7, 11) is 0. The Kier molecular flexibility index (Phi) is 4.93. The molecule has 1 aliphatic rings. The fourth-order valence-electron chi connectivity index (χ4n) is 2.68. The van der Waals surface area contributed by atoms with E-state index in [0.29, 0.717) is 12.4 Å². The van der Waals surface area contributed by atoms with Crippen LogP contribution in [0.4, 0.5) is 9.52 Å². The van der Waals surface area contributed by atoms with Crippen molar-refractivity contribution in [3.8, 4) is 17.0 Å². The van der Waals surface area contributed by atoms with Crippen molar-refractivity contribution in [1.82, 2.24) is 4.98 Å². The van der Waals surface area contributed by atoms with E-state index < -0.39 is 0 Å². The van der Waals surface area contributed by atoms with Crippen LogP contribution in [0.15, 0.2) is 23.6 Å². The van der Waals surface area contributed by atoms with Crippen molar-refractivity contribution >= 4 is 16.5 Å². The lowest BCUT2D eigenvalue weighted by atomic mass is 10.1. The first-order valence-electron chi connectivity index (χ1n) is 7.91. The Morgan fingerprint density at radius 3 is 2.86 bits per heavy atom. The highest BCUT2D eigenvalue weighted by atomic mass is 32.1. The first-order chi connectivity index (χ1) is 10.8. The Morgan fingerprint density at radius 2 is 2.09 bits per heavy atom. The molecule has 1 aromatic heterocycles. The largest absolute Gasteiger partial charge is 0.490 e. The lowest BCUT2D eigenvalue weighted by Gasteiger charge is -2.25. The molecule has 0 bridgehead atoms. The van der Waals surface area contributed by atoms with Gasteiger partial charge in [-0.3, -0.25) is 0 Å². The zero-order valence-corrected chi connectivity index (χ0v) is 13.7. The van der Waals surface area contributed by atoms with Gasteiger partial charge in [0.15, 0.2) is 16.7 Å². The summed E-state index contributed by atoms with van der Waals surface area (Å²) in [5, 5.41) is 3.03. The number of nitrogens with zero attached hydrogens (tertiary/aromatic N) is 2. The molecule has 0 aliphatic carbocycles. The maximum atomic E-state index is 14.1. The molecule has 0 atom stereocenters. The third-order valence-corrected chi connectivity index (χ3v) is 4.71. The summed E-state index contributed by atoms with van der Waals surface area (Å²) < 4.78 is 19.7. The van der Waals surface area contributed by atoms with Crippen molar-refractivity contribution in [3.63, 3.8) is 0 Å². The lowest BCUT2D eigenvalue weighted by Crippen LogP contribution is -2.29. The van der Waals surface area contributed by atoms with Crippen LogP contribution in [0.1, 0.15) is 32.6 Å². The number of hydrogen-bond donors (Lipinski definition) is 0. The second-order valence-electron chi connectivity index (χ2n) is 5.53. The molecule has 118 valence electrons. The van der Waals surface area contributed by atoms with Gasteiger partial charge in [0, 0.05) is 24.0 Å². The second kappa shape index (κ2) is 7.09. The van der Waals surface area contributed by atoms with Gasteiger partial charge in [0.05, 0.1) is 12.3 Å². The van der Waals surface area contributed by atoms with Crippen LogP contribution in [0.3, 0.4) is 0 Å². The quantitative estimate of drug-likeness (QED) is 0.796. The van der Waals surface area contributed by atoms with E-state index in [1.54, 1.807) is 17.4 Å². The molecule has 1 aromatic carbocycles. The maximum Gasteiger partial charge on any atom is 0.185 e. The van der Waals surface area contributed by atoms with Gasteiger partial charge in [-0.05, 0) is 37.8 Å². The van der Waals surface area contributed by atoms with Crippen molar-refractivity contribution < 1.29 is 9.13 Å². The van der Waals surface area contributed by atoms with E-state index in [-0.39, 0.29) is 5.82 Å². The molecule has 0 amide bonds. The van der Waals surface area contributed by atoms with Crippen molar-refractivity contribution in [1.29, 1.82) is 0 Å². The summed E-state index contributed by atoms with van der Waals surface area (Å²) in [4.78, 5) is 7.03. The van der Waals surface area contributed by atoms with E-state index in [4.69, 9.17) is 9.72 Å². The summed E-state index contributed by atoms with van der Waals surface area (Å²) in [5.74, 6) is -0.00156.